The Bertz CT molecular complexity index is 501. The number of hydrogen-bond donors (Lipinski definition) is 2. The highest BCUT2D eigenvalue weighted by molar-refractivity contribution is 7.91. The second kappa shape index (κ2) is 4.35. The van der Waals surface area contributed by atoms with Crippen molar-refractivity contribution in [2.24, 2.45) is 0 Å². The van der Waals surface area contributed by atoms with E-state index in [1.165, 1.54) is 24.2 Å². The molecule has 6 heteroatoms. The van der Waals surface area contributed by atoms with E-state index in [4.69, 9.17) is 0 Å². The smallest absolute Gasteiger partial charge is 0.250 e. The van der Waals surface area contributed by atoms with E-state index in [1.54, 1.807) is 6.07 Å². The molecule has 0 radical (unpaired) electrons. The van der Waals surface area contributed by atoms with E-state index < -0.39 is 10.0 Å². The molecule has 1 aromatic rings. The summed E-state index contributed by atoms with van der Waals surface area (Å²) in [7, 11) is -3.26. The van der Waals surface area contributed by atoms with Gasteiger partial charge in [0.15, 0.2) is 0 Å². The van der Waals surface area contributed by atoms with Crippen LogP contribution in [-0.4, -0.2) is 20.5 Å². The van der Waals surface area contributed by atoms with Gasteiger partial charge in [-0.1, -0.05) is 0 Å². The first kappa shape index (κ1) is 11.6. The van der Waals surface area contributed by atoms with Crippen molar-refractivity contribution in [1.82, 2.24) is 10.0 Å². The number of sulfonamides is 1. The molecule has 0 aromatic carbocycles. The van der Waals surface area contributed by atoms with E-state index in [2.05, 4.69) is 10.0 Å². The van der Waals surface area contributed by atoms with Gasteiger partial charge in [-0.05, 0) is 42.7 Å². The van der Waals surface area contributed by atoms with Crippen LogP contribution in [0.2, 0.25) is 0 Å². The summed E-state index contributed by atoms with van der Waals surface area (Å²) >= 11 is 1.31. The maximum absolute atomic E-state index is 11.9. The first-order valence-corrected chi connectivity index (χ1v) is 8.33. The maximum atomic E-state index is 11.9. The van der Waals surface area contributed by atoms with Crippen LogP contribution in [0.1, 0.15) is 31.2 Å². The van der Waals surface area contributed by atoms with Crippen molar-refractivity contribution < 1.29 is 8.42 Å². The lowest BCUT2D eigenvalue weighted by molar-refractivity contribution is 0.583. The Hall–Kier alpha value is -0.430. The standard InChI is InChI=1S/C11H16N2O2S2/c14-17(15,13-10-3-4-10)11-5-8(7-16-11)6-12-9-1-2-9/h5,7,9-10,12-13H,1-4,6H2. The highest BCUT2D eigenvalue weighted by Gasteiger charge is 2.29. The lowest BCUT2D eigenvalue weighted by atomic mass is 10.3. The summed E-state index contributed by atoms with van der Waals surface area (Å²) in [5.74, 6) is 0. The Morgan fingerprint density at radius 1 is 1.24 bits per heavy atom. The second-order valence-corrected chi connectivity index (χ2v) is 7.68. The fourth-order valence-corrected chi connectivity index (χ4v) is 4.15. The van der Waals surface area contributed by atoms with Crippen molar-refractivity contribution in [2.45, 2.75) is 48.5 Å². The minimum absolute atomic E-state index is 0.176. The van der Waals surface area contributed by atoms with Crippen LogP contribution < -0.4 is 10.0 Å². The molecule has 2 N–H and O–H groups in total. The van der Waals surface area contributed by atoms with Gasteiger partial charge in [-0.15, -0.1) is 11.3 Å². The average molecular weight is 272 g/mol. The van der Waals surface area contributed by atoms with Gasteiger partial charge in [-0.3, -0.25) is 0 Å². The Labute approximate surface area is 105 Å². The molecule has 2 saturated carbocycles. The van der Waals surface area contributed by atoms with Crippen molar-refractivity contribution in [3.8, 4) is 0 Å². The van der Waals surface area contributed by atoms with E-state index in [-0.39, 0.29) is 6.04 Å². The lowest BCUT2D eigenvalue weighted by Crippen LogP contribution is -2.24. The molecule has 0 saturated heterocycles. The minimum atomic E-state index is -3.26. The number of nitrogens with one attached hydrogen (secondary N) is 2. The lowest BCUT2D eigenvalue weighted by Gasteiger charge is -2.01. The second-order valence-electron chi connectivity index (χ2n) is 4.82. The van der Waals surface area contributed by atoms with Crippen LogP contribution in [0.15, 0.2) is 15.7 Å². The number of rotatable bonds is 6. The fourth-order valence-electron chi connectivity index (χ4n) is 1.62. The van der Waals surface area contributed by atoms with Crippen LogP contribution >= 0.6 is 11.3 Å². The molecule has 3 rings (SSSR count). The van der Waals surface area contributed by atoms with E-state index in [0.717, 1.165) is 24.9 Å². The Balaban J connectivity index is 1.65. The van der Waals surface area contributed by atoms with Gasteiger partial charge in [0, 0.05) is 18.6 Å². The molecule has 0 unspecified atom stereocenters. The van der Waals surface area contributed by atoms with E-state index in [9.17, 15) is 8.42 Å². The van der Waals surface area contributed by atoms with Gasteiger partial charge >= 0.3 is 0 Å². The fraction of sp³-hybridized carbons (Fsp3) is 0.636. The highest BCUT2D eigenvalue weighted by atomic mass is 32.2. The Morgan fingerprint density at radius 2 is 1.94 bits per heavy atom. The normalized spacial score (nSPS) is 20.7. The van der Waals surface area contributed by atoms with Crippen molar-refractivity contribution >= 4 is 21.4 Å². The summed E-state index contributed by atoms with van der Waals surface area (Å²) in [5.41, 5.74) is 1.07. The molecule has 2 aliphatic carbocycles. The maximum Gasteiger partial charge on any atom is 0.250 e. The number of hydrogen-bond acceptors (Lipinski definition) is 4. The third-order valence-corrected chi connectivity index (χ3v) is 5.97. The summed E-state index contributed by atoms with van der Waals surface area (Å²) in [5, 5.41) is 5.31. The van der Waals surface area contributed by atoms with Gasteiger partial charge in [0.1, 0.15) is 4.21 Å². The van der Waals surface area contributed by atoms with Crippen molar-refractivity contribution in [1.29, 1.82) is 0 Å². The zero-order valence-corrected chi connectivity index (χ0v) is 11.1. The third kappa shape index (κ3) is 3.07. The van der Waals surface area contributed by atoms with Crippen LogP contribution in [0.3, 0.4) is 0 Å². The monoisotopic (exact) mass is 272 g/mol. The summed E-state index contributed by atoms with van der Waals surface area (Å²) in [6, 6.07) is 2.61. The molecule has 0 amide bonds. The highest BCUT2D eigenvalue weighted by Crippen LogP contribution is 2.26. The van der Waals surface area contributed by atoms with Gasteiger partial charge in [0.2, 0.25) is 10.0 Å². The number of thiophene rings is 1. The largest absolute Gasteiger partial charge is 0.310 e. The van der Waals surface area contributed by atoms with Crippen LogP contribution in [0, 0.1) is 0 Å². The molecule has 0 bridgehead atoms. The minimum Gasteiger partial charge on any atom is -0.310 e. The molecule has 17 heavy (non-hydrogen) atoms. The van der Waals surface area contributed by atoms with Gasteiger partial charge in [-0.2, -0.15) is 0 Å². The quantitative estimate of drug-likeness (QED) is 0.824. The predicted molar refractivity (Wildman–Crippen MR) is 67.5 cm³/mol. The zero-order chi connectivity index (χ0) is 11.9. The van der Waals surface area contributed by atoms with Crippen LogP contribution in [0.4, 0.5) is 0 Å². The summed E-state index contributed by atoms with van der Waals surface area (Å²) in [6.07, 6.45) is 4.44. The van der Waals surface area contributed by atoms with E-state index >= 15 is 0 Å². The van der Waals surface area contributed by atoms with Crippen LogP contribution in [0.25, 0.3) is 0 Å². The van der Waals surface area contributed by atoms with Gasteiger partial charge in [0.25, 0.3) is 0 Å². The molecule has 0 spiro atoms. The molecule has 2 fully saturated rings. The summed E-state index contributed by atoms with van der Waals surface area (Å²) < 4.78 is 27.0. The molecule has 94 valence electrons. The van der Waals surface area contributed by atoms with E-state index in [0.29, 0.717) is 10.3 Å². The Kier molecular flexibility index (Phi) is 2.98. The molecular formula is C11H16N2O2S2. The average Bonchev–Trinajstić information content (AvgIpc) is 3.18. The first-order chi connectivity index (χ1) is 8.13. The van der Waals surface area contributed by atoms with Crippen molar-refractivity contribution in [3.63, 3.8) is 0 Å². The first-order valence-electron chi connectivity index (χ1n) is 5.96. The van der Waals surface area contributed by atoms with Crippen LogP contribution in [-0.2, 0) is 16.6 Å². The molecule has 0 aliphatic heterocycles. The molecule has 4 nitrogen and oxygen atoms in total. The SMILES string of the molecule is O=S(=O)(NC1CC1)c1cc(CNC2CC2)cs1. The summed E-state index contributed by atoms with van der Waals surface area (Å²) in [4.78, 5) is 0. The van der Waals surface area contributed by atoms with Crippen LogP contribution in [0.5, 0.6) is 0 Å². The van der Waals surface area contributed by atoms with Crippen molar-refractivity contribution in [3.05, 3.63) is 17.0 Å². The van der Waals surface area contributed by atoms with Gasteiger partial charge in [0.05, 0.1) is 0 Å². The van der Waals surface area contributed by atoms with E-state index in [1.807, 2.05) is 5.38 Å². The third-order valence-electron chi connectivity index (χ3n) is 2.97. The summed E-state index contributed by atoms with van der Waals surface area (Å²) in [6.45, 7) is 0.778. The molecular weight excluding hydrogens is 256 g/mol. The molecule has 1 aromatic heterocycles. The zero-order valence-electron chi connectivity index (χ0n) is 9.48. The molecule has 2 aliphatic rings. The van der Waals surface area contributed by atoms with Gasteiger partial charge in [-0.25, -0.2) is 13.1 Å². The van der Waals surface area contributed by atoms with Crippen molar-refractivity contribution in [2.75, 3.05) is 0 Å². The molecule has 0 atom stereocenters. The Morgan fingerprint density at radius 3 is 2.59 bits per heavy atom. The topological polar surface area (TPSA) is 58.2 Å². The molecule has 1 heterocycles. The predicted octanol–water partition coefficient (Wildman–Crippen LogP) is 1.44. The van der Waals surface area contributed by atoms with Gasteiger partial charge < -0.3 is 5.32 Å².